The van der Waals surface area contributed by atoms with Gasteiger partial charge in [-0.05, 0) is 32.3 Å². The first-order chi connectivity index (χ1) is 8.56. The largest absolute Gasteiger partial charge is 0.377 e. The topological polar surface area (TPSA) is 21.3 Å². The minimum atomic E-state index is -0.546. The summed E-state index contributed by atoms with van der Waals surface area (Å²) >= 11 is 0. The second kappa shape index (κ2) is 5.33. The van der Waals surface area contributed by atoms with Gasteiger partial charge >= 0.3 is 0 Å². The third-order valence-corrected chi connectivity index (χ3v) is 3.86. The number of nitrogens with one attached hydrogen (secondary N) is 1. The van der Waals surface area contributed by atoms with Crippen molar-refractivity contribution in [3.63, 3.8) is 0 Å². The molecule has 1 fully saturated rings. The molecule has 1 saturated carbocycles. The molecular formula is C14H19F2NO. The molecule has 0 spiro atoms. The lowest BCUT2D eigenvalue weighted by Gasteiger charge is -2.41. The SMILES string of the molecule is COC1(CNC(C)c2ccc(F)cc2F)CCC1. The van der Waals surface area contributed by atoms with Crippen LogP contribution in [0, 0.1) is 11.6 Å². The Hall–Kier alpha value is -1.00. The first kappa shape index (κ1) is 13.4. The molecule has 1 atom stereocenters. The van der Waals surface area contributed by atoms with E-state index in [1.54, 1.807) is 7.11 Å². The van der Waals surface area contributed by atoms with Crippen molar-refractivity contribution >= 4 is 0 Å². The molecule has 1 unspecified atom stereocenters. The Kier molecular flexibility index (Phi) is 3.97. The molecule has 0 amide bonds. The molecule has 100 valence electrons. The summed E-state index contributed by atoms with van der Waals surface area (Å²) in [6.07, 6.45) is 3.25. The summed E-state index contributed by atoms with van der Waals surface area (Å²) in [5.74, 6) is -1.05. The zero-order valence-corrected chi connectivity index (χ0v) is 10.8. The van der Waals surface area contributed by atoms with Crippen molar-refractivity contribution in [2.75, 3.05) is 13.7 Å². The summed E-state index contributed by atoms with van der Waals surface area (Å²) in [5.41, 5.74) is 0.395. The monoisotopic (exact) mass is 255 g/mol. The van der Waals surface area contributed by atoms with Crippen LogP contribution < -0.4 is 5.32 Å². The molecule has 18 heavy (non-hydrogen) atoms. The lowest BCUT2D eigenvalue weighted by atomic mass is 9.80. The fourth-order valence-electron chi connectivity index (χ4n) is 2.33. The van der Waals surface area contributed by atoms with Crippen LogP contribution in [0.4, 0.5) is 8.78 Å². The summed E-state index contributed by atoms with van der Waals surface area (Å²) < 4.78 is 31.9. The van der Waals surface area contributed by atoms with Gasteiger partial charge in [0.1, 0.15) is 11.6 Å². The van der Waals surface area contributed by atoms with Gasteiger partial charge in [0, 0.05) is 31.3 Å². The molecule has 1 aliphatic rings. The molecule has 0 bridgehead atoms. The maximum atomic E-state index is 13.6. The number of ether oxygens (including phenoxy) is 1. The minimum Gasteiger partial charge on any atom is -0.377 e. The van der Waals surface area contributed by atoms with Gasteiger partial charge in [-0.1, -0.05) is 6.07 Å². The zero-order chi connectivity index (χ0) is 13.2. The highest BCUT2D eigenvalue weighted by Gasteiger charge is 2.36. The lowest BCUT2D eigenvalue weighted by Crippen LogP contribution is -2.48. The predicted molar refractivity (Wildman–Crippen MR) is 66.4 cm³/mol. The molecule has 2 rings (SSSR count). The van der Waals surface area contributed by atoms with Gasteiger partial charge in [0.2, 0.25) is 0 Å². The van der Waals surface area contributed by atoms with Crippen molar-refractivity contribution in [1.82, 2.24) is 5.32 Å². The van der Waals surface area contributed by atoms with Gasteiger partial charge in [0.15, 0.2) is 0 Å². The second-order valence-electron chi connectivity index (χ2n) is 5.01. The molecule has 1 N–H and O–H groups in total. The van der Waals surface area contributed by atoms with Gasteiger partial charge in [-0.15, -0.1) is 0 Å². The van der Waals surface area contributed by atoms with Crippen LogP contribution in [-0.4, -0.2) is 19.3 Å². The maximum absolute atomic E-state index is 13.6. The number of hydrogen-bond acceptors (Lipinski definition) is 2. The van der Waals surface area contributed by atoms with Crippen molar-refractivity contribution in [1.29, 1.82) is 0 Å². The van der Waals surface area contributed by atoms with Crippen LogP contribution in [0.1, 0.15) is 37.8 Å². The Bertz CT molecular complexity index is 413. The molecule has 0 aliphatic heterocycles. The van der Waals surface area contributed by atoms with E-state index in [4.69, 9.17) is 4.74 Å². The molecule has 0 heterocycles. The molecule has 0 radical (unpaired) electrons. The van der Waals surface area contributed by atoms with Crippen LogP contribution in [0.5, 0.6) is 0 Å². The Labute approximate surface area is 106 Å². The number of benzene rings is 1. The van der Waals surface area contributed by atoms with Crippen molar-refractivity contribution in [2.24, 2.45) is 0 Å². The highest BCUT2D eigenvalue weighted by molar-refractivity contribution is 5.21. The average molecular weight is 255 g/mol. The Morgan fingerprint density at radius 2 is 2.11 bits per heavy atom. The van der Waals surface area contributed by atoms with Gasteiger partial charge in [-0.2, -0.15) is 0 Å². The van der Waals surface area contributed by atoms with E-state index in [-0.39, 0.29) is 11.6 Å². The molecule has 4 heteroatoms. The molecule has 0 saturated heterocycles. The van der Waals surface area contributed by atoms with Gasteiger partial charge in [0.05, 0.1) is 5.60 Å². The lowest BCUT2D eigenvalue weighted by molar-refractivity contribution is -0.0707. The summed E-state index contributed by atoms with van der Waals surface area (Å²) in [4.78, 5) is 0. The van der Waals surface area contributed by atoms with E-state index in [0.717, 1.165) is 18.9 Å². The number of rotatable bonds is 5. The summed E-state index contributed by atoms with van der Waals surface area (Å²) in [7, 11) is 1.71. The van der Waals surface area contributed by atoms with E-state index in [0.29, 0.717) is 12.1 Å². The maximum Gasteiger partial charge on any atom is 0.130 e. The van der Waals surface area contributed by atoms with Crippen molar-refractivity contribution in [3.05, 3.63) is 35.4 Å². The fourth-order valence-corrected chi connectivity index (χ4v) is 2.33. The third kappa shape index (κ3) is 2.70. The Morgan fingerprint density at radius 3 is 2.61 bits per heavy atom. The minimum absolute atomic E-state index is 0.0925. The van der Waals surface area contributed by atoms with E-state index in [9.17, 15) is 8.78 Å². The van der Waals surface area contributed by atoms with Crippen LogP contribution >= 0.6 is 0 Å². The van der Waals surface area contributed by atoms with Gasteiger partial charge in [0.25, 0.3) is 0 Å². The predicted octanol–water partition coefficient (Wildman–Crippen LogP) is 3.18. The van der Waals surface area contributed by atoms with Crippen LogP contribution in [0.3, 0.4) is 0 Å². The summed E-state index contributed by atoms with van der Waals surface area (Å²) in [6, 6.07) is 3.54. The second-order valence-corrected chi connectivity index (χ2v) is 5.01. The normalized spacial score (nSPS) is 19.3. The average Bonchev–Trinajstić information content (AvgIpc) is 2.27. The van der Waals surface area contributed by atoms with Crippen molar-refractivity contribution in [3.8, 4) is 0 Å². The fraction of sp³-hybridized carbons (Fsp3) is 0.571. The Morgan fingerprint density at radius 1 is 1.39 bits per heavy atom. The van der Waals surface area contributed by atoms with E-state index in [1.807, 2.05) is 6.92 Å². The quantitative estimate of drug-likeness (QED) is 0.872. The van der Waals surface area contributed by atoms with E-state index >= 15 is 0 Å². The summed E-state index contributed by atoms with van der Waals surface area (Å²) in [5, 5.41) is 3.27. The van der Waals surface area contributed by atoms with Crippen LogP contribution in [0.15, 0.2) is 18.2 Å². The zero-order valence-electron chi connectivity index (χ0n) is 10.8. The van der Waals surface area contributed by atoms with E-state index in [1.165, 1.54) is 18.6 Å². The number of hydrogen-bond donors (Lipinski definition) is 1. The van der Waals surface area contributed by atoms with Crippen molar-refractivity contribution in [2.45, 2.75) is 37.8 Å². The van der Waals surface area contributed by atoms with Crippen LogP contribution in [0.25, 0.3) is 0 Å². The van der Waals surface area contributed by atoms with Crippen LogP contribution in [0.2, 0.25) is 0 Å². The van der Waals surface area contributed by atoms with Gasteiger partial charge in [-0.3, -0.25) is 0 Å². The van der Waals surface area contributed by atoms with E-state index < -0.39 is 11.6 Å². The third-order valence-electron chi connectivity index (χ3n) is 3.86. The standard InChI is InChI=1S/C14H19F2NO/c1-10(12-5-4-11(15)8-13(12)16)17-9-14(18-2)6-3-7-14/h4-5,8,10,17H,3,6-7,9H2,1-2H3. The molecule has 1 aliphatic carbocycles. The molecule has 2 nitrogen and oxygen atoms in total. The summed E-state index contributed by atoms with van der Waals surface area (Å²) in [6.45, 7) is 2.57. The van der Waals surface area contributed by atoms with E-state index in [2.05, 4.69) is 5.32 Å². The first-order valence-corrected chi connectivity index (χ1v) is 6.30. The van der Waals surface area contributed by atoms with Crippen LogP contribution in [-0.2, 0) is 4.74 Å². The molecule has 1 aromatic carbocycles. The van der Waals surface area contributed by atoms with Gasteiger partial charge < -0.3 is 10.1 Å². The highest BCUT2D eigenvalue weighted by Crippen LogP contribution is 2.34. The van der Waals surface area contributed by atoms with Crippen molar-refractivity contribution < 1.29 is 13.5 Å². The molecular weight excluding hydrogens is 236 g/mol. The Balaban J connectivity index is 1.97. The molecule has 1 aromatic rings. The first-order valence-electron chi connectivity index (χ1n) is 6.30. The number of halogens is 2. The highest BCUT2D eigenvalue weighted by atomic mass is 19.1. The smallest absolute Gasteiger partial charge is 0.130 e. The number of methoxy groups -OCH3 is 1. The molecule has 0 aromatic heterocycles. The van der Waals surface area contributed by atoms with Gasteiger partial charge in [-0.25, -0.2) is 8.78 Å².